The Morgan fingerprint density at radius 3 is 2.79 bits per heavy atom. The van der Waals surface area contributed by atoms with Gasteiger partial charge in [-0.1, -0.05) is 37.3 Å². The summed E-state index contributed by atoms with van der Waals surface area (Å²) in [5.41, 5.74) is 3.68. The van der Waals surface area contributed by atoms with Gasteiger partial charge in [0.1, 0.15) is 4.90 Å². The molecule has 6 nitrogen and oxygen atoms in total. The Hall–Kier alpha value is -2.67. The van der Waals surface area contributed by atoms with Crippen LogP contribution in [0.3, 0.4) is 0 Å². The number of nitrogens with one attached hydrogen (secondary N) is 1. The summed E-state index contributed by atoms with van der Waals surface area (Å²) in [6, 6.07) is 12.9. The van der Waals surface area contributed by atoms with Gasteiger partial charge in [-0.2, -0.15) is 8.42 Å². The van der Waals surface area contributed by atoms with Crippen LogP contribution in [0.4, 0.5) is 5.69 Å². The van der Waals surface area contributed by atoms with Crippen molar-refractivity contribution in [3.05, 3.63) is 59.2 Å². The van der Waals surface area contributed by atoms with E-state index in [0.29, 0.717) is 24.5 Å². The summed E-state index contributed by atoms with van der Waals surface area (Å²) in [4.78, 5) is 15.2. The first kappa shape index (κ1) is 19.6. The lowest BCUT2D eigenvalue weighted by Gasteiger charge is -2.33. The molecule has 2 aromatic rings. The largest absolute Gasteiger partial charge is 0.355 e. The lowest BCUT2D eigenvalue weighted by Crippen LogP contribution is -2.43. The highest BCUT2D eigenvalue weighted by Gasteiger charge is 2.35. The SMILES string of the molecule is CCc1cccc(C)c1NC(=O)C1CCCN(C2=NS(=O)(=O)c3ccccc32)C1. The van der Waals surface area contributed by atoms with Crippen LogP contribution >= 0.6 is 0 Å². The lowest BCUT2D eigenvalue weighted by molar-refractivity contribution is -0.121. The van der Waals surface area contributed by atoms with Gasteiger partial charge >= 0.3 is 0 Å². The number of hydrogen-bond acceptors (Lipinski definition) is 4. The summed E-state index contributed by atoms with van der Waals surface area (Å²) in [5, 5.41) is 3.12. The van der Waals surface area contributed by atoms with Crippen molar-refractivity contribution in [2.75, 3.05) is 18.4 Å². The molecule has 7 heteroatoms. The number of amidine groups is 1. The second kappa shape index (κ2) is 7.63. The van der Waals surface area contributed by atoms with E-state index in [9.17, 15) is 13.2 Å². The number of carbonyl (C=O) groups excluding carboxylic acids is 1. The zero-order valence-electron chi connectivity index (χ0n) is 16.7. The monoisotopic (exact) mass is 411 g/mol. The number of sulfonamides is 1. The standard InChI is InChI=1S/C22H25N3O3S/c1-3-16-9-6-8-15(2)20(16)23-22(26)17-10-7-13-25(14-17)21-18-11-4-5-12-19(18)29(27,28)24-21/h4-6,8-9,11-12,17H,3,7,10,13-14H2,1-2H3,(H,23,26). The van der Waals surface area contributed by atoms with E-state index in [1.165, 1.54) is 0 Å². The number of amides is 1. The normalized spacial score (nSPS) is 20.1. The van der Waals surface area contributed by atoms with Crippen molar-refractivity contribution in [3.8, 4) is 0 Å². The maximum Gasteiger partial charge on any atom is 0.285 e. The van der Waals surface area contributed by atoms with Gasteiger partial charge in [-0.15, -0.1) is 4.40 Å². The Balaban J connectivity index is 1.55. The van der Waals surface area contributed by atoms with E-state index in [1.807, 2.05) is 36.1 Å². The molecular weight excluding hydrogens is 386 g/mol. The summed E-state index contributed by atoms with van der Waals surface area (Å²) in [6.45, 7) is 5.22. The maximum atomic E-state index is 13.0. The Labute approximate surface area is 171 Å². The molecule has 1 N–H and O–H groups in total. The molecule has 0 bridgehead atoms. The lowest BCUT2D eigenvalue weighted by atomic mass is 9.95. The van der Waals surface area contributed by atoms with Gasteiger partial charge in [0.05, 0.1) is 5.92 Å². The summed E-state index contributed by atoms with van der Waals surface area (Å²) in [6.07, 6.45) is 2.44. The highest BCUT2D eigenvalue weighted by molar-refractivity contribution is 7.90. The molecule has 0 aliphatic carbocycles. The molecule has 0 aromatic heterocycles. The van der Waals surface area contributed by atoms with Gasteiger partial charge in [0, 0.05) is 24.3 Å². The molecular formula is C22H25N3O3S. The predicted octanol–water partition coefficient (Wildman–Crippen LogP) is 3.36. The number of nitrogens with zero attached hydrogens (tertiary/aromatic N) is 2. The summed E-state index contributed by atoms with van der Waals surface area (Å²) >= 11 is 0. The minimum Gasteiger partial charge on any atom is -0.355 e. The van der Waals surface area contributed by atoms with Crippen molar-refractivity contribution in [1.29, 1.82) is 0 Å². The third-order valence-corrected chi connectivity index (χ3v) is 7.02. The second-order valence-corrected chi connectivity index (χ2v) is 9.20. The first-order chi connectivity index (χ1) is 13.9. The van der Waals surface area contributed by atoms with Gasteiger partial charge in [-0.3, -0.25) is 4.79 Å². The molecule has 0 saturated carbocycles. The average Bonchev–Trinajstić information content (AvgIpc) is 3.01. The molecule has 0 radical (unpaired) electrons. The van der Waals surface area contributed by atoms with Gasteiger partial charge in [-0.05, 0) is 49.4 Å². The molecule has 1 saturated heterocycles. The number of rotatable bonds is 3. The van der Waals surface area contributed by atoms with Crippen LogP contribution in [0.15, 0.2) is 51.8 Å². The molecule has 4 rings (SSSR count). The third-order valence-electron chi connectivity index (χ3n) is 5.69. The molecule has 152 valence electrons. The Morgan fingerprint density at radius 2 is 2.00 bits per heavy atom. The average molecular weight is 412 g/mol. The van der Waals surface area contributed by atoms with E-state index in [-0.39, 0.29) is 16.7 Å². The van der Waals surface area contributed by atoms with Crippen molar-refractivity contribution in [2.45, 2.75) is 38.0 Å². The molecule has 2 aliphatic heterocycles. The summed E-state index contributed by atoms with van der Waals surface area (Å²) in [5.74, 6) is 0.225. The fraction of sp³-hybridized carbons (Fsp3) is 0.364. The fourth-order valence-corrected chi connectivity index (χ4v) is 5.35. The fourth-order valence-electron chi connectivity index (χ4n) is 4.13. The van der Waals surface area contributed by atoms with Crippen LogP contribution in [-0.2, 0) is 21.2 Å². The Bertz CT molecular complexity index is 1090. The van der Waals surface area contributed by atoms with Crippen molar-refractivity contribution >= 4 is 27.5 Å². The van der Waals surface area contributed by atoms with E-state index >= 15 is 0 Å². The van der Waals surface area contributed by atoms with Gasteiger partial charge in [0.15, 0.2) is 5.84 Å². The zero-order valence-corrected chi connectivity index (χ0v) is 17.5. The molecule has 29 heavy (non-hydrogen) atoms. The highest BCUT2D eigenvalue weighted by atomic mass is 32.2. The first-order valence-corrected chi connectivity index (χ1v) is 11.4. The van der Waals surface area contributed by atoms with Crippen LogP contribution < -0.4 is 5.32 Å². The van der Waals surface area contributed by atoms with E-state index in [1.54, 1.807) is 18.2 Å². The molecule has 2 heterocycles. The van der Waals surface area contributed by atoms with Crippen molar-refractivity contribution < 1.29 is 13.2 Å². The number of piperidine rings is 1. The zero-order chi connectivity index (χ0) is 20.6. The van der Waals surface area contributed by atoms with Gasteiger partial charge in [-0.25, -0.2) is 0 Å². The minimum atomic E-state index is -3.66. The maximum absolute atomic E-state index is 13.0. The van der Waals surface area contributed by atoms with Crippen LogP contribution in [0.25, 0.3) is 0 Å². The first-order valence-electron chi connectivity index (χ1n) is 9.99. The van der Waals surface area contributed by atoms with Crippen LogP contribution in [0.1, 0.15) is 36.5 Å². The van der Waals surface area contributed by atoms with Crippen molar-refractivity contribution in [3.63, 3.8) is 0 Å². The van der Waals surface area contributed by atoms with E-state index in [2.05, 4.69) is 16.6 Å². The molecule has 2 aromatic carbocycles. The molecule has 1 amide bonds. The van der Waals surface area contributed by atoms with Gasteiger partial charge in [0.25, 0.3) is 10.0 Å². The minimum absolute atomic E-state index is 0.0200. The van der Waals surface area contributed by atoms with Gasteiger partial charge < -0.3 is 10.2 Å². The number of benzene rings is 2. The van der Waals surface area contributed by atoms with Crippen molar-refractivity contribution in [2.24, 2.45) is 10.3 Å². The van der Waals surface area contributed by atoms with Crippen LogP contribution in [-0.4, -0.2) is 38.2 Å². The predicted molar refractivity (Wildman–Crippen MR) is 114 cm³/mol. The number of likely N-dealkylation sites (tertiary alicyclic amines) is 1. The van der Waals surface area contributed by atoms with Crippen molar-refractivity contribution in [1.82, 2.24) is 4.90 Å². The Kier molecular flexibility index (Phi) is 5.17. The number of carbonyl (C=O) groups is 1. The third kappa shape index (κ3) is 3.67. The van der Waals surface area contributed by atoms with E-state index < -0.39 is 10.0 Å². The quantitative estimate of drug-likeness (QED) is 0.840. The molecule has 1 atom stereocenters. The van der Waals surface area contributed by atoms with Crippen LogP contribution in [0.2, 0.25) is 0 Å². The molecule has 0 spiro atoms. The number of fused-ring (bicyclic) bond motifs is 1. The molecule has 2 aliphatic rings. The number of para-hydroxylation sites is 1. The number of anilines is 1. The highest BCUT2D eigenvalue weighted by Crippen LogP contribution is 2.30. The van der Waals surface area contributed by atoms with Gasteiger partial charge in [0.2, 0.25) is 5.91 Å². The topological polar surface area (TPSA) is 78.8 Å². The summed E-state index contributed by atoms with van der Waals surface area (Å²) < 4.78 is 28.8. The second-order valence-electron chi connectivity index (χ2n) is 7.62. The van der Waals surface area contributed by atoms with Crippen LogP contribution in [0.5, 0.6) is 0 Å². The number of hydrogen-bond donors (Lipinski definition) is 1. The van der Waals surface area contributed by atoms with Crippen LogP contribution in [0, 0.1) is 12.8 Å². The molecule has 1 unspecified atom stereocenters. The number of aryl methyl sites for hydroxylation is 2. The molecule has 1 fully saturated rings. The van der Waals surface area contributed by atoms with E-state index in [0.717, 1.165) is 36.1 Å². The van der Waals surface area contributed by atoms with E-state index in [4.69, 9.17) is 0 Å². The summed E-state index contributed by atoms with van der Waals surface area (Å²) in [7, 11) is -3.66. The smallest absolute Gasteiger partial charge is 0.285 e. The Morgan fingerprint density at radius 1 is 1.21 bits per heavy atom.